The fourth-order valence-electron chi connectivity index (χ4n) is 2.81. The van der Waals surface area contributed by atoms with Crippen molar-refractivity contribution in [3.63, 3.8) is 0 Å². The largest absolute Gasteiger partial charge is 0.356 e. The zero-order valence-electron chi connectivity index (χ0n) is 14.9. The van der Waals surface area contributed by atoms with Gasteiger partial charge in [0.1, 0.15) is 0 Å². The van der Waals surface area contributed by atoms with E-state index in [9.17, 15) is 0 Å². The first-order chi connectivity index (χ1) is 11.1. The number of aromatic nitrogens is 1. The lowest BCUT2D eigenvalue weighted by molar-refractivity contribution is 0.780. The maximum atomic E-state index is 4.30. The third-order valence-electron chi connectivity index (χ3n) is 3.89. The number of hydrogen-bond donors (Lipinski definition) is 2. The van der Waals surface area contributed by atoms with Crippen LogP contribution in [-0.4, -0.2) is 24.5 Å². The maximum Gasteiger partial charge on any atom is 0.191 e. The molecule has 0 spiro atoms. The van der Waals surface area contributed by atoms with Gasteiger partial charge in [-0.15, -0.1) is 24.0 Å². The van der Waals surface area contributed by atoms with Crippen LogP contribution in [-0.2, 0) is 13.0 Å². The molecule has 0 aliphatic heterocycles. The van der Waals surface area contributed by atoms with Crippen molar-refractivity contribution in [2.24, 2.45) is 4.99 Å². The molecule has 0 fully saturated rings. The normalized spacial score (nSPS) is 10.9. The number of aryl methyl sites for hydroxylation is 3. The molecule has 0 saturated carbocycles. The number of aliphatic imine (C=N–C) groups is 1. The quantitative estimate of drug-likeness (QED) is 0.427. The second kappa shape index (κ2) is 10.3. The minimum Gasteiger partial charge on any atom is -0.356 e. The molecular formula is C19H27IN4. The van der Waals surface area contributed by atoms with E-state index in [0.29, 0.717) is 6.54 Å². The molecule has 130 valence electrons. The Labute approximate surface area is 162 Å². The van der Waals surface area contributed by atoms with Gasteiger partial charge in [0.2, 0.25) is 0 Å². The van der Waals surface area contributed by atoms with Gasteiger partial charge in [-0.2, -0.15) is 0 Å². The van der Waals surface area contributed by atoms with Crippen molar-refractivity contribution < 1.29 is 0 Å². The fraction of sp³-hybridized carbons (Fsp3) is 0.368. The fourth-order valence-corrected chi connectivity index (χ4v) is 2.81. The molecule has 0 atom stereocenters. The molecule has 4 nitrogen and oxygen atoms in total. The molecule has 0 saturated heterocycles. The Bertz CT molecular complexity index is 645. The van der Waals surface area contributed by atoms with E-state index in [-0.39, 0.29) is 24.0 Å². The van der Waals surface area contributed by atoms with Crippen molar-refractivity contribution in [2.45, 2.75) is 33.7 Å². The highest BCUT2D eigenvalue weighted by Gasteiger charge is 2.04. The van der Waals surface area contributed by atoms with Crippen molar-refractivity contribution in [1.29, 1.82) is 0 Å². The predicted octanol–water partition coefficient (Wildman–Crippen LogP) is 3.53. The number of benzene rings is 1. The lowest BCUT2D eigenvalue weighted by atomic mass is 9.97. The number of pyridine rings is 1. The van der Waals surface area contributed by atoms with Gasteiger partial charge < -0.3 is 10.6 Å². The molecule has 0 aliphatic carbocycles. The average Bonchev–Trinajstić information content (AvgIpc) is 2.53. The summed E-state index contributed by atoms with van der Waals surface area (Å²) in [5, 5.41) is 6.66. The third-order valence-corrected chi connectivity index (χ3v) is 3.89. The maximum absolute atomic E-state index is 4.30. The predicted molar refractivity (Wildman–Crippen MR) is 112 cm³/mol. The summed E-state index contributed by atoms with van der Waals surface area (Å²) in [5.74, 6) is 0.804. The zero-order valence-corrected chi connectivity index (χ0v) is 17.2. The van der Waals surface area contributed by atoms with Crippen LogP contribution in [0.2, 0.25) is 0 Å². The number of halogens is 1. The lowest BCUT2D eigenvalue weighted by Crippen LogP contribution is -2.38. The summed E-state index contributed by atoms with van der Waals surface area (Å²) < 4.78 is 0. The van der Waals surface area contributed by atoms with E-state index >= 15 is 0 Å². The molecule has 5 heteroatoms. The van der Waals surface area contributed by atoms with Gasteiger partial charge in [-0.3, -0.25) is 9.98 Å². The highest BCUT2D eigenvalue weighted by molar-refractivity contribution is 14.0. The molecule has 0 bridgehead atoms. The van der Waals surface area contributed by atoms with E-state index < -0.39 is 0 Å². The van der Waals surface area contributed by atoms with Crippen LogP contribution in [0.15, 0.2) is 41.5 Å². The number of nitrogens with one attached hydrogen (secondary N) is 2. The van der Waals surface area contributed by atoms with Crippen LogP contribution in [0, 0.1) is 20.8 Å². The van der Waals surface area contributed by atoms with E-state index in [1.165, 1.54) is 22.3 Å². The Morgan fingerprint density at radius 3 is 2.38 bits per heavy atom. The van der Waals surface area contributed by atoms with E-state index in [1.54, 1.807) is 13.2 Å². The summed E-state index contributed by atoms with van der Waals surface area (Å²) in [6.07, 6.45) is 2.79. The first kappa shape index (κ1) is 20.4. The molecule has 1 heterocycles. The van der Waals surface area contributed by atoms with Gasteiger partial charge in [0.05, 0.1) is 12.2 Å². The lowest BCUT2D eigenvalue weighted by Gasteiger charge is -2.14. The van der Waals surface area contributed by atoms with Gasteiger partial charge in [0.25, 0.3) is 0 Å². The van der Waals surface area contributed by atoms with Gasteiger partial charge in [-0.05, 0) is 56.0 Å². The van der Waals surface area contributed by atoms with Crippen LogP contribution in [0.25, 0.3) is 0 Å². The van der Waals surface area contributed by atoms with Gasteiger partial charge in [-0.1, -0.05) is 23.8 Å². The first-order valence-electron chi connectivity index (χ1n) is 8.01. The van der Waals surface area contributed by atoms with Crippen molar-refractivity contribution >= 4 is 29.9 Å². The summed E-state index contributed by atoms with van der Waals surface area (Å²) in [4.78, 5) is 8.56. The summed E-state index contributed by atoms with van der Waals surface area (Å²) in [6, 6.07) is 10.4. The zero-order chi connectivity index (χ0) is 16.7. The standard InChI is InChI=1S/C19H26N4.HI/c1-14-11-15(2)18(16(3)12-14)8-10-22-19(20-4)23-13-17-7-5-6-9-21-17;/h5-7,9,11-12H,8,10,13H2,1-4H3,(H2,20,22,23);1H. The second-order valence-electron chi connectivity index (χ2n) is 5.80. The van der Waals surface area contributed by atoms with Crippen LogP contribution in [0.1, 0.15) is 27.9 Å². The Morgan fingerprint density at radius 2 is 1.79 bits per heavy atom. The molecule has 1 aromatic carbocycles. The minimum atomic E-state index is 0. The van der Waals surface area contributed by atoms with E-state index in [1.807, 2.05) is 18.2 Å². The molecule has 24 heavy (non-hydrogen) atoms. The summed E-state index contributed by atoms with van der Waals surface area (Å²) in [6.45, 7) is 8.04. The molecule has 1 aromatic heterocycles. The smallest absolute Gasteiger partial charge is 0.191 e. The Kier molecular flexibility index (Phi) is 8.74. The third kappa shape index (κ3) is 6.11. The van der Waals surface area contributed by atoms with Crippen LogP contribution >= 0.6 is 24.0 Å². The average molecular weight is 438 g/mol. The van der Waals surface area contributed by atoms with Gasteiger partial charge in [-0.25, -0.2) is 0 Å². The molecule has 2 rings (SSSR count). The molecule has 0 amide bonds. The number of rotatable bonds is 5. The van der Waals surface area contributed by atoms with Gasteiger partial charge in [0.15, 0.2) is 5.96 Å². The summed E-state index contributed by atoms with van der Waals surface area (Å²) in [5.41, 5.74) is 6.47. The van der Waals surface area contributed by atoms with Crippen LogP contribution < -0.4 is 10.6 Å². The number of guanidine groups is 1. The second-order valence-corrected chi connectivity index (χ2v) is 5.80. The Balaban J connectivity index is 0.00000288. The van der Waals surface area contributed by atoms with Crippen molar-refractivity contribution in [3.8, 4) is 0 Å². The molecule has 0 radical (unpaired) electrons. The highest BCUT2D eigenvalue weighted by atomic mass is 127. The van der Waals surface area contributed by atoms with E-state index in [2.05, 4.69) is 53.5 Å². The molecule has 2 aromatic rings. The summed E-state index contributed by atoms with van der Waals surface area (Å²) >= 11 is 0. The number of hydrogen-bond acceptors (Lipinski definition) is 2. The van der Waals surface area contributed by atoms with Crippen LogP contribution in [0.5, 0.6) is 0 Å². The molecular weight excluding hydrogens is 411 g/mol. The Hall–Kier alpha value is -1.63. The van der Waals surface area contributed by atoms with E-state index in [0.717, 1.165) is 24.6 Å². The topological polar surface area (TPSA) is 49.3 Å². The van der Waals surface area contributed by atoms with Gasteiger partial charge >= 0.3 is 0 Å². The van der Waals surface area contributed by atoms with Crippen LogP contribution in [0.3, 0.4) is 0 Å². The molecule has 0 unspecified atom stereocenters. The van der Waals surface area contributed by atoms with Gasteiger partial charge in [0, 0.05) is 19.8 Å². The minimum absolute atomic E-state index is 0. The van der Waals surface area contributed by atoms with Crippen molar-refractivity contribution in [2.75, 3.05) is 13.6 Å². The number of nitrogens with zero attached hydrogens (tertiary/aromatic N) is 2. The van der Waals surface area contributed by atoms with E-state index in [4.69, 9.17) is 0 Å². The van der Waals surface area contributed by atoms with Crippen molar-refractivity contribution in [3.05, 3.63) is 64.5 Å². The van der Waals surface area contributed by atoms with Crippen LogP contribution in [0.4, 0.5) is 0 Å². The molecule has 2 N–H and O–H groups in total. The summed E-state index contributed by atoms with van der Waals surface area (Å²) in [7, 11) is 1.79. The highest BCUT2D eigenvalue weighted by Crippen LogP contribution is 2.16. The Morgan fingerprint density at radius 1 is 1.08 bits per heavy atom. The first-order valence-corrected chi connectivity index (χ1v) is 8.01. The SMILES string of the molecule is CN=C(NCCc1c(C)cc(C)cc1C)NCc1ccccn1.I. The van der Waals surface area contributed by atoms with Crippen molar-refractivity contribution in [1.82, 2.24) is 15.6 Å². The molecule has 0 aliphatic rings. The monoisotopic (exact) mass is 438 g/mol.